The number of hydrogen-bond acceptors (Lipinski definition) is 4. The third-order valence-electron chi connectivity index (χ3n) is 4.30. The second-order valence-electron chi connectivity index (χ2n) is 6.06. The number of aliphatic imine (C=N–C) groups is 1. The highest BCUT2D eigenvalue weighted by Crippen LogP contribution is 2.35. The molecule has 0 unspecified atom stereocenters. The Hall–Kier alpha value is -2.53. The summed E-state index contributed by atoms with van der Waals surface area (Å²) in [5, 5.41) is 0.726. The number of ether oxygens (including phenoxy) is 1. The van der Waals surface area contributed by atoms with Crippen LogP contribution in [0.2, 0.25) is 0 Å². The van der Waals surface area contributed by atoms with Gasteiger partial charge in [-0.2, -0.15) is 0 Å². The molecule has 0 radical (unpaired) electrons. The highest BCUT2D eigenvalue weighted by molar-refractivity contribution is 8.18. The van der Waals surface area contributed by atoms with Gasteiger partial charge < -0.3 is 4.74 Å². The summed E-state index contributed by atoms with van der Waals surface area (Å²) in [5.41, 5.74) is 4.06. The van der Waals surface area contributed by atoms with Gasteiger partial charge in [0.25, 0.3) is 5.91 Å². The fourth-order valence-electron chi connectivity index (χ4n) is 2.74. The molecule has 1 heterocycles. The lowest BCUT2D eigenvalue weighted by atomic mass is 10.1. The second-order valence-corrected chi connectivity index (χ2v) is 7.07. The Morgan fingerprint density at radius 1 is 1.15 bits per heavy atom. The van der Waals surface area contributed by atoms with Crippen LogP contribution >= 0.6 is 11.8 Å². The summed E-state index contributed by atoms with van der Waals surface area (Å²) in [6.07, 6.45) is 1.94. The topological polar surface area (TPSA) is 41.9 Å². The number of amides is 1. The van der Waals surface area contributed by atoms with Crippen LogP contribution in [0.4, 0.5) is 5.69 Å². The zero-order valence-electron chi connectivity index (χ0n) is 15.4. The van der Waals surface area contributed by atoms with Gasteiger partial charge in [0.1, 0.15) is 5.75 Å². The van der Waals surface area contributed by atoms with Crippen molar-refractivity contribution in [3.63, 3.8) is 0 Å². The van der Waals surface area contributed by atoms with E-state index in [2.05, 4.69) is 0 Å². The molecule has 1 aliphatic rings. The lowest BCUT2D eigenvalue weighted by molar-refractivity contribution is -0.122. The van der Waals surface area contributed by atoms with Crippen molar-refractivity contribution in [2.24, 2.45) is 4.99 Å². The largest absolute Gasteiger partial charge is 0.497 e. The SMILES string of the molecule is CCN1C(=O)/C(=C\c2ccc(OC)cc2C)SC1=Nc1ccccc1C. The first-order chi connectivity index (χ1) is 12.5. The predicted molar refractivity (Wildman–Crippen MR) is 109 cm³/mol. The molecule has 1 fully saturated rings. The maximum Gasteiger partial charge on any atom is 0.266 e. The Morgan fingerprint density at radius 3 is 2.58 bits per heavy atom. The Bertz CT molecular complexity index is 903. The van der Waals surface area contributed by atoms with Crippen molar-refractivity contribution < 1.29 is 9.53 Å². The first kappa shape index (κ1) is 18.3. The normalized spacial score (nSPS) is 17.4. The van der Waals surface area contributed by atoms with Crippen LogP contribution in [0, 0.1) is 13.8 Å². The number of para-hydroxylation sites is 1. The molecule has 2 aromatic carbocycles. The van der Waals surface area contributed by atoms with Gasteiger partial charge >= 0.3 is 0 Å². The Labute approximate surface area is 158 Å². The minimum atomic E-state index is 0.0000484. The standard InChI is InChI=1S/C21H22N2O2S/c1-5-23-20(24)19(13-16-10-11-17(25-4)12-15(16)3)26-21(23)22-18-9-7-6-8-14(18)2/h6-13H,5H2,1-4H3/b19-13+,22-21?. The van der Waals surface area contributed by atoms with Gasteiger partial charge in [0.2, 0.25) is 0 Å². The summed E-state index contributed by atoms with van der Waals surface area (Å²) in [7, 11) is 1.65. The number of benzene rings is 2. The van der Waals surface area contributed by atoms with Crippen molar-refractivity contribution in [3.05, 3.63) is 64.1 Å². The first-order valence-corrected chi connectivity index (χ1v) is 9.35. The molecule has 3 rings (SSSR count). The molecule has 134 valence electrons. The van der Waals surface area contributed by atoms with Gasteiger partial charge in [-0.05, 0) is 73.5 Å². The van der Waals surface area contributed by atoms with Gasteiger partial charge in [0.05, 0.1) is 17.7 Å². The van der Waals surface area contributed by atoms with E-state index >= 15 is 0 Å². The lowest BCUT2D eigenvalue weighted by Crippen LogP contribution is -2.28. The number of hydrogen-bond donors (Lipinski definition) is 0. The number of aryl methyl sites for hydroxylation is 2. The van der Waals surface area contributed by atoms with E-state index in [0.717, 1.165) is 33.3 Å². The molecule has 1 amide bonds. The summed E-state index contributed by atoms with van der Waals surface area (Å²) in [5.74, 6) is 0.812. The van der Waals surface area contributed by atoms with Crippen LogP contribution in [0.15, 0.2) is 52.4 Å². The highest BCUT2D eigenvalue weighted by atomic mass is 32.2. The maximum absolute atomic E-state index is 12.8. The van der Waals surface area contributed by atoms with Crippen LogP contribution in [0.1, 0.15) is 23.6 Å². The van der Waals surface area contributed by atoms with Crippen molar-refractivity contribution in [1.82, 2.24) is 4.90 Å². The molecule has 0 spiro atoms. The van der Waals surface area contributed by atoms with E-state index in [4.69, 9.17) is 9.73 Å². The van der Waals surface area contributed by atoms with Crippen LogP contribution in [-0.4, -0.2) is 29.6 Å². The third kappa shape index (κ3) is 3.68. The highest BCUT2D eigenvalue weighted by Gasteiger charge is 2.32. The molecule has 2 aromatic rings. The fraction of sp³-hybridized carbons (Fsp3) is 0.238. The second kappa shape index (κ2) is 7.79. The monoisotopic (exact) mass is 366 g/mol. The first-order valence-electron chi connectivity index (χ1n) is 8.54. The molecule has 0 saturated carbocycles. The molecule has 0 N–H and O–H groups in total. The van der Waals surface area contributed by atoms with Gasteiger partial charge in [-0.3, -0.25) is 9.69 Å². The van der Waals surface area contributed by atoms with Crippen LogP contribution in [-0.2, 0) is 4.79 Å². The van der Waals surface area contributed by atoms with Crippen molar-refractivity contribution in [1.29, 1.82) is 0 Å². The molecule has 0 bridgehead atoms. The maximum atomic E-state index is 12.8. The van der Waals surface area contributed by atoms with Crippen LogP contribution in [0.5, 0.6) is 5.75 Å². The molecule has 0 aliphatic carbocycles. The van der Waals surface area contributed by atoms with Gasteiger partial charge in [0, 0.05) is 6.54 Å². The van der Waals surface area contributed by atoms with Crippen molar-refractivity contribution in [2.45, 2.75) is 20.8 Å². The number of thioether (sulfide) groups is 1. The summed E-state index contributed by atoms with van der Waals surface area (Å²) >= 11 is 1.42. The Balaban J connectivity index is 1.96. The van der Waals surface area contributed by atoms with E-state index in [1.807, 2.05) is 69.3 Å². The predicted octanol–water partition coefficient (Wildman–Crippen LogP) is 4.94. The van der Waals surface area contributed by atoms with Crippen molar-refractivity contribution >= 4 is 34.6 Å². The number of amidine groups is 1. The van der Waals surface area contributed by atoms with E-state index in [0.29, 0.717) is 11.4 Å². The number of carbonyl (C=O) groups excluding carboxylic acids is 1. The van der Waals surface area contributed by atoms with E-state index in [1.165, 1.54) is 11.8 Å². The van der Waals surface area contributed by atoms with Gasteiger partial charge in [-0.15, -0.1) is 0 Å². The van der Waals surface area contributed by atoms with Gasteiger partial charge in [0.15, 0.2) is 5.17 Å². The number of likely N-dealkylation sites (N-methyl/N-ethyl adjacent to an activating group) is 1. The molecule has 1 saturated heterocycles. The quantitative estimate of drug-likeness (QED) is 0.720. The average molecular weight is 366 g/mol. The zero-order chi connectivity index (χ0) is 18.7. The van der Waals surface area contributed by atoms with E-state index < -0.39 is 0 Å². The Kier molecular flexibility index (Phi) is 5.47. The van der Waals surface area contributed by atoms with Gasteiger partial charge in [-0.25, -0.2) is 4.99 Å². The summed E-state index contributed by atoms with van der Waals surface area (Å²) in [6, 6.07) is 13.8. The van der Waals surface area contributed by atoms with E-state index in [1.54, 1.807) is 12.0 Å². The summed E-state index contributed by atoms with van der Waals surface area (Å²) in [4.78, 5) is 19.9. The summed E-state index contributed by atoms with van der Waals surface area (Å²) < 4.78 is 5.25. The molecule has 1 aliphatic heterocycles. The van der Waals surface area contributed by atoms with Crippen molar-refractivity contribution in [2.75, 3.05) is 13.7 Å². The smallest absolute Gasteiger partial charge is 0.266 e. The molecule has 5 heteroatoms. The number of carbonyl (C=O) groups is 1. The molecule has 0 aromatic heterocycles. The zero-order valence-corrected chi connectivity index (χ0v) is 16.3. The minimum Gasteiger partial charge on any atom is -0.497 e. The number of nitrogens with zero attached hydrogens (tertiary/aromatic N) is 2. The molecular formula is C21H22N2O2S. The molecule has 4 nitrogen and oxygen atoms in total. The average Bonchev–Trinajstić information content (AvgIpc) is 2.93. The van der Waals surface area contributed by atoms with Crippen molar-refractivity contribution in [3.8, 4) is 5.75 Å². The van der Waals surface area contributed by atoms with Crippen LogP contribution in [0.25, 0.3) is 6.08 Å². The lowest BCUT2D eigenvalue weighted by Gasteiger charge is -2.12. The van der Waals surface area contributed by atoms with E-state index in [9.17, 15) is 4.79 Å². The minimum absolute atomic E-state index is 0.0000484. The van der Waals surface area contributed by atoms with Crippen LogP contribution < -0.4 is 4.74 Å². The molecular weight excluding hydrogens is 344 g/mol. The Morgan fingerprint density at radius 2 is 1.92 bits per heavy atom. The van der Waals surface area contributed by atoms with Gasteiger partial charge in [-0.1, -0.05) is 24.3 Å². The summed E-state index contributed by atoms with van der Waals surface area (Å²) in [6.45, 7) is 6.59. The van der Waals surface area contributed by atoms with E-state index in [-0.39, 0.29) is 5.91 Å². The molecule has 0 atom stereocenters. The van der Waals surface area contributed by atoms with Crippen LogP contribution in [0.3, 0.4) is 0 Å². The fourth-order valence-corrected chi connectivity index (χ4v) is 3.79. The molecule has 26 heavy (non-hydrogen) atoms. The number of rotatable bonds is 4. The third-order valence-corrected chi connectivity index (χ3v) is 5.31. The number of methoxy groups -OCH3 is 1.